The maximum absolute atomic E-state index is 12.6. The molecule has 0 aliphatic carbocycles. The number of anilines is 1. The molecule has 0 radical (unpaired) electrons. The van der Waals surface area contributed by atoms with Gasteiger partial charge in [0.2, 0.25) is 11.8 Å². The molecule has 1 aliphatic rings. The highest BCUT2D eigenvalue weighted by molar-refractivity contribution is 5.95. The van der Waals surface area contributed by atoms with Gasteiger partial charge in [-0.2, -0.15) is 0 Å². The van der Waals surface area contributed by atoms with Gasteiger partial charge in [0.15, 0.2) is 0 Å². The zero-order valence-electron chi connectivity index (χ0n) is 15.9. The minimum Gasteiger partial charge on any atom is -0.352 e. The molecule has 0 spiro atoms. The molecular weight excluding hydrogens is 338 g/mol. The van der Waals surface area contributed by atoms with E-state index >= 15 is 0 Å². The standard InChI is InChI=1S/C22H27N3O2/c1-3-21(26)23-19-14-20(25(2)15-19)22(27)24-18-11-9-17(10-12-18)13-16-7-5-4-6-8-16/h4-12,19-20H,3,13-15H2,1-2H3,(H,23,26)(H,24,27). The first-order valence-corrected chi connectivity index (χ1v) is 9.48. The van der Waals surface area contributed by atoms with E-state index in [-0.39, 0.29) is 23.9 Å². The molecule has 2 aromatic rings. The summed E-state index contributed by atoms with van der Waals surface area (Å²) in [5.41, 5.74) is 3.27. The summed E-state index contributed by atoms with van der Waals surface area (Å²) in [6.45, 7) is 2.53. The lowest BCUT2D eigenvalue weighted by molar-refractivity contribution is -0.122. The summed E-state index contributed by atoms with van der Waals surface area (Å²) in [4.78, 5) is 26.2. The predicted molar refractivity (Wildman–Crippen MR) is 108 cm³/mol. The minimum absolute atomic E-state index is 0.0263. The van der Waals surface area contributed by atoms with Gasteiger partial charge in [0, 0.05) is 24.7 Å². The Bertz CT molecular complexity index is 774. The number of carbonyl (C=O) groups is 2. The Labute approximate surface area is 160 Å². The van der Waals surface area contributed by atoms with Gasteiger partial charge in [0.05, 0.1) is 6.04 Å². The largest absolute Gasteiger partial charge is 0.352 e. The minimum atomic E-state index is -0.226. The van der Waals surface area contributed by atoms with Gasteiger partial charge in [-0.15, -0.1) is 0 Å². The predicted octanol–water partition coefficient (Wildman–Crippen LogP) is 2.81. The monoisotopic (exact) mass is 365 g/mol. The molecule has 2 atom stereocenters. The molecule has 5 heteroatoms. The van der Waals surface area contributed by atoms with Crippen LogP contribution in [0.15, 0.2) is 54.6 Å². The van der Waals surface area contributed by atoms with E-state index in [2.05, 4.69) is 22.8 Å². The second kappa shape index (κ2) is 8.82. The molecule has 2 unspecified atom stereocenters. The molecule has 1 fully saturated rings. The molecule has 0 saturated carbocycles. The molecule has 5 nitrogen and oxygen atoms in total. The van der Waals surface area contributed by atoms with Crippen LogP contribution in [0.4, 0.5) is 5.69 Å². The van der Waals surface area contributed by atoms with E-state index in [0.29, 0.717) is 19.4 Å². The van der Waals surface area contributed by atoms with Gasteiger partial charge < -0.3 is 10.6 Å². The molecule has 3 rings (SSSR count). The maximum Gasteiger partial charge on any atom is 0.241 e. The molecule has 2 aromatic carbocycles. The Hall–Kier alpha value is -2.66. The second-order valence-electron chi connectivity index (χ2n) is 7.16. The van der Waals surface area contributed by atoms with Crippen LogP contribution in [0.3, 0.4) is 0 Å². The van der Waals surface area contributed by atoms with Crippen LogP contribution in [0.2, 0.25) is 0 Å². The number of amides is 2. The Morgan fingerprint density at radius 1 is 1.04 bits per heavy atom. The quantitative estimate of drug-likeness (QED) is 0.827. The normalized spacial score (nSPS) is 19.6. The number of benzene rings is 2. The van der Waals surface area contributed by atoms with Crippen molar-refractivity contribution in [1.82, 2.24) is 10.2 Å². The van der Waals surface area contributed by atoms with Gasteiger partial charge in [-0.25, -0.2) is 0 Å². The van der Waals surface area contributed by atoms with Crippen molar-refractivity contribution < 1.29 is 9.59 Å². The van der Waals surface area contributed by atoms with E-state index in [4.69, 9.17) is 0 Å². The number of nitrogens with zero attached hydrogens (tertiary/aromatic N) is 1. The van der Waals surface area contributed by atoms with Gasteiger partial charge in [-0.1, -0.05) is 49.4 Å². The van der Waals surface area contributed by atoms with Crippen molar-refractivity contribution in [3.8, 4) is 0 Å². The lowest BCUT2D eigenvalue weighted by Crippen LogP contribution is -2.37. The number of likely N-dealkylation sites (N-methyl/N-ethyl adjacent to an activating group) is 1. The van der Waals surface area contributed by atoms with Gasteiger partial charge in [-0.3, -0.25) is 14.5 Å². The topological polar surface area (TPSA) is 61.4 Å². The summed E-state index contributed by atoms with van der Waals surface area (Å²) in [7, 11) is 1.92. The fraction of sp³-hybridized carbons (Fsp3) is 0.364. The fourth-order valence-electron chi connectivity index (χ4n) is 3.50. The van der Waals surface area contributed by atoms with E-state index in [1.807, 2.05) is 61.3 Å². The fourth-order valence-corrected chi connectivity index (χ4v) is 3.50. The third-order valence-corrected chi connectivity index (χ3v) is 5.01. The maximum atomic E-state index is 12.6. The van der Waals surface area contributed by atoms with E-state index in [1.54, 1.807) is 0 Å². The van der Waals surface area contributed by atoms with Crippen molar-refractivity contribution in [2.24, 2.45) is 0 Å². The number of hydrogen-bond acceptors (Lipinski definition) is 3. The molecule has 1 aliphatic heterocycles. The SMILES string of the molecule is CCC(=O)NC1CC(C(=O)Nc2ccc(Cc3ccccc3)cc2)N(C)C1. The van der Waals surface area contributed by atoms with Crippen LogP contribution >= 0.6 is 0 Å². The van der Waals surface area contributed by atoms with Crippen molar-refractivity contribution in [3.05, 3.63) is 65.7 Å². The van der Waals surface area contributed by atoms with Crippen molar-refractivity contribution in [1.29, 1.82) is 0 Å². The average Bonchev–Trinajstić information content (AvgIpc) is 3.04. The highest BCUT2D eigenvalue weighted by atomic mass is 16.2. The first-order chi connectivity index (χ1) is 13.0. The Morgan fingerprint density at radius 3 is 2.37 bits per heavy atom. The van der Waals surface area contributed by atoms with E-state index in [9.17, 15) is 9.59 Å². The number of carbonyl (C=O) groups excluding carboxylic acids is 2. The average molecular weight is 365 g/mol. The van der Waals surface area contributed by atoms with Crippen LogP contribution in [0.5, 0.6) is 0 Å². The summed E-state index contributed by atoms with van der Waals surface area (Å²) in [6, 6.07) is 18.1. The first-order valence-electron chi connectivity index (χ1n) is 9.48. The van der Waals surface area contributed by atoms with Crippen LogP contribution < -0.4 is 10.6 Å². The van der Waals surface area contributed by atoms with Gasteiger partial charge in [0.25, 0.3) is 0 Å². The number of hydrogen-bond donors (Lipinski definition) is 2. The third-order valence-electron chi connectivity index (χ3n) is 5.01. The smallest absolute Gasteiger partial charge is 0.241 e. The second-order valence-corrected chi connectivity index (χ2v) is 7.16. The van der Waals surface area contributed by atoms with Crippen LogP contribution in [0.1, 0.15) is 30.9 Å². The summed E-state index contributed by atoms with van der Waals surface area (Å²) >= 11 is 0. The van der Waals surface area contributed by atoms with Crippen LogP contribution in [0.25, 0.3) is 0 Å². The zero-order chi connectivity index (χ0) is 19.2. The van der Waals surface area contributed by atoms with Crippen molar-refractivity contribution >= 4 is 17.5 Å². The highest BCUT2D eigenvalue weighted by Crippen LogP contribution is 2.19. The van der Waals surface area contributed by atoms with Gasteiger partial charge in [-0.05, 0) is 43.1 Å². The van der Waals surface area contributed by atoms with Crippen molar-refractivity contribution in [3.63, 3.8) is 0 Å². The molecule has 2 N–H and O–H groups in total. The Kier molecular flexibility index (Phi) is 6.24. The summed E-state index contributed by atoms with van der Waals surface area (Å²) in [5.74, 6) is 0.00465. The molecule has 142 valence electrons. The summed E-state index contributed by atoms with van der Waals surface area (Å²) in [5, 5.41) is 5.98. The van der Waals surface area contributed by atoms with Crippen LogP contribution in [0, 0.1) is 0 Å². The molecule has 0 aromatic heterocycles. The zero-order valence-corrected chi connectivity index (χ0v) is 15.9. The summed E-state index contributed by atoms with van der Waals surface area (Å²) < 4.78 is 0. The van der Waals surface area contributed by atoms with E-state index in [1.165, 1.54) is 11.1 Å². The molecule has 1 heterocycles. The molecule has 1 saturated heterocycles. The van der Waals surface area contributed by atoms with E-state index in [0.717, 1.165) is 12.1 Å². The Balaban J connectivity index is 1.55. The summed E-state index contributed by atoms with van der Waals surface area (Å²) in [6.07, 6.45) is 1.98. The molecule has 27 heavy (non-hydrogen) atoms. The van der Waals surface area contributed by atoms with Crippen LogP contribution in [-0.2, 0) is 16.0 Å². The lowest BCUT2D eigenvalue weighted by Gasteiger charge is -2.18. The van der Waals surface area contributed by atoms with E-state index < -0.39 is 0 Å². The molecule has 0 bridgehead atoms. The lowest BCUT2D eigenvalue weighted by atomic mass is 10.0. The number of likely N-dealkylation sites (tertiary alicyclic amines) is 1. The highest BCUT2D eigenvalue weighted by Gasteiger charge is 2.34. The third kappa shape index (κ3) is 5.17. The number of rotatable bonds is 6. The number of nitrogens with one attached hydrogen (secondary N) is 2. The van der Waals surface area contributed by atoms with Crippen LogP contribution in [-0.4, -0.2) is 42.4 Å². The Morgan fingerprint density at radius 2 is 1.70 bits per heavy atom. The molecule has 2 amide bonds. The molecular formula is C22H27N3O2. The van der Waals surface area contributed by atoms with Crippen molar-refractivity contribution in [2.75, 3.05) is 18.9 Å². The van der Waals surface area contributed by atoms with Crippen molar-refractivity contribution in [2.45, 2.75) is 38.3 Å². The van der Waals surface area contributed by atoms with Gasteiger partial charge in [0.1, 0.15) is 0 Å². The first kappa shape index (κ1) is 19.1. The van der Waals surface area contributed by atoms with Gasteiger partial charge >= 0.3 is 0 Å².